The summed E-state index contributed by atoms with van der Waals surface area (Å²) in [5.74, 6) is 0. The highest BCUT2D eigenvalue weighted by Gasteiger charge is 2.45. The van der Waals surface area contributed by atoms with Crippen molar-refractivity contribution in [2.45, 2.75) is 39.3 Å². The van der Waals surface area contributed by atoms with Gasteiger partial charge in [-0.3, -0.25) is 0 Å². The summed E-state index contributed by atoms with van der Waals surface area (Å²) in [6.45, 7) is 8.28. The van der Waals surface area contributed by atoms with Crippen LogP contribution >= 0.6 is 7.82 Å². The highest BCUT2D eigenvalue weighted by molar-refractivity contribution is 7.53. The Kier molecular flexibility index (Phi) is 5.53. The molecular formula is C6H21O7PSi3. The summed E-state index contributed by atoms with van der Waals surface area (Å²) in [6.07, 6.45) is 0. The van der Waals surface area contributed by atoms with Crippen LogP contribution in [0.5, 0.6) is 0 Å². The fourth-order valence-electron chi connectivity index (χ4n) is 0.877. The Morgan fingerprint density at radius 2 is 0.882 bits per heavy atom. The van der Waals surface area contributed by atoms with Gasteiger partial charge in [-0.25, -0.2) is 4.57 Å². The molecule has 0 aromatic rings. The summed E-state index contributed by atoms with van der Waals surface area (Å²) in [7, 11) is -13.7. The molecule has 0 amide bonds. The second-order valence-corrected chi connectivity index (χ2v) is 16.8. The van der Waals surface area contributed by atoms with Gasteiger partial charge in [-0.2, -0.15) is 0 Å². The first kappa shape index (κ1) is 17.6. The minimum absolute atomic E-state index is 1.38. The van der Waals surface area contributed by atoms with Crippen LogP contribution < -0.4 is 0 Å². The molecule has 0 aliphatic heterocycles. The van der Waals surface area contributed by atoms with Crippen LogP contribution in [0.25, 0.3) is 0 Å². The van der Waals surface area contributed by atoms with Crippen LogP contribution in [0.3, 0.4) is 0 Å². The molecule has 0 bridgehead atoms. The molecule has 17 heavy (non-hydrogen) atoms. The van der Waals surface area contributed by atoms with Crippen LogP contribution in [-0.4, -0.2) is 40.1 Å². The molecule has 7 nitrogen and oxygen atoms in total. The standard InChI is InChI=1S/C6H21O7PSi3/c1-15(2,8)11-14(7,12-16(3,4)9)13-17(5,6)10/h8-10H,1-6H3. The summed E-state index contributed by atoms with van der Waals surface area (Å²) < 4.78 is 27.0. The number of hydrogen-bond donors (Lipinski definition) is 3. The van der Waals surface area contributed by atoms with Gasteiger partial charge in [-0.15, -0.1) is 0 Å². The van der Waals surface area contributed by atoms with E-state index in [1.165, 1.54) is 39.3 Å². The lowest BCUT2D eigenvalue weighted by atomic mass is 11.9. The molecule has 3 N–H and O–H groups in total. The third-order valence-corrected chi connectivity index (χ3v) is 9.05. The van der Waals surface area contributed by atoms with Crippen LogP contribution in [0.15, 0.2) is 0 Å². The first-order valence-electron chi connectivity index (χ1n) is 5.01. The zero-order chi connectivity index (χ0) is 14.1. The Bertz CT molecular complexity index is 255. The minimum atomic E-state index is -4.15. The molecule has 0 spiro atoms. The van der Waals surface area contributed by atoms with Gasteiger partial charge in [0, 0.05) is 0 Å². The molecule has 0 radical (unpaired) electrons. The fourth-order valence-corrected chi connectivity index (χ4v) is 8.90. The fraction of sp³-hybridized carbons (Fsp3) is 1.00. The molecule has 0 aliphatic rings. The molecule has 104 valence electrons. The van der Waals surface area contributed by atoms with Crippen molar-refractivity contribution in [1.29, 1.82) is 0 Å². The topological polar surface area (TPSA) is 105 Å². The molecule has 0 heterocycles. The molecule has 0 aromatic heterocycles. The molecule has 0 saturated heterocycles. The number of phosphoric acid groups is 1. The van der Waals surface area contributed by atoms with Gasteiger partial charge in [0.2, 0.25) is 0 Å². The molecule has 11 heteroatoms. The van der Waals surface area contributed by atoms with Crippen molar-refractivity contribution in [3.8, 4) is 0 Å². The zero-order valence-corrected chi connectivity index (χ0v) is 14.8. The smallest absolute Gasteiger partial charge is 0.411 e. The van der Waals surface area contributed by atoms with Crippen molar-refractivity contribution in [3.63, 3.8) is 0 Å². The van der Waals surface area contributed by atoms with E-state index in [-0.39, 0.29) is 0 Å². The molecular weight excluding hydrogens is 299 g/mol. The normalized spacial score (nSPS) is 15.1. The quantitative estimate of drug-likeness (QED) is 0.499. The van der Waals surface area contributed by atoms with Gasteiger partial charge >= 0.3 is 33.5 Å². The van der Waals surface area contributed by atoms with Crippen molar-refractivity contribution >= 4 is 33.5 Å². The molecule has 0 unspecified atom stereocenters. The van der Waals surface area contributed by atoms with Crippen LogP contribution in [-0.2, 0) is 17.2 Å². The average molecular weight is 320 g/mol. The van der Waals surface area contributed by atoms with E-state index in [1.54, 1.807) is 0 Å². The largest absolute Gasteiger partial charge is 0.450 e. The number of rotatable bonds is 6. The Balaban J connectivity index is 5.03. The Hall–Kier alpha value is 0.641. The Morgan fingerprint density at radius 3 is 1.00 bits per heavy atom. The molecule has 0 saturated carbocycles. The van der Waals surface area contributed by atoms with E-state index in [2.05, 4.69) is 0 Å². The van der Waals surface area contributed by atoms with Crippen LogP contribution in [0.1, 0.15) is 0 Å². The Morgan fingerprint density at radius 1 is 0.706 bits per heavy atom. The second kappa shape index (κ2) is 5.33. The molecule has 0 atom stereocenters. The van der Waals surface area contributed by atoms with E-state index >= 15 is 0 Å². The van der Waals surface area contributed by atoms with Gasteiger partial charge < -0.3 is 27.0 Å². The lowest BCUT2D eigenvalue weighted by Crippen LogP contribution is -2.38. The van der Waals surface area contributed by atoms with E-state index in [9.17, 15) is 19.0 Å². The van der Waals surface area contributed by atoms with Crippen LogP contribution in [0, 0.1) is 0 Å². The van der Waals surface area contributed by atoms with Gasteiger partial charge in [-0.1, -0.05) is 0 Å². The molecule has 0 aromatic carbocycles. The predicted molar refractivity (Wildman–Crippen MR) is 70.0 cm³/mol. The van der Waals surface area contributed by atoms with Crippen molar-refractivity contribution in [2.75, 3.05) is 0 Å². The lowest BCUT2D eigenvalue weighted by Gasteiger charge is -2.30. The van der Waals surface area contributed by atoms with E-state index < -0.39 is 33.5 Å². The molecule has 0 rings (SSSR count). The molecule has 0 aliphatic carbocycles. The Labute approximate surface area is 105 Å². The first-order chi connectivity index (χ1) is 7.12. The maximum Gasteiger partial charge on any atom is 0.450 e. The van der Waals surface area contributed by atoms with Crippen LogP contribution in [0.4, 0.5) is 0 Å². The van der Waals surface area contributed by atoms with Crippen molar-refractivity contribution in [1.82, 2.24) is 0 Å². The summed E-state index contributed by atoms with van der Waals surface area (Å²) in [5, 5.41) is 0. The van der Waals surface area contributed by atoms with Crippen molar-refractivity contribution in [3.05, 3.63) is 0 Å². The monoisotopic (exact) mass is 320 g/mol. The lowest BCUT2D eigenvalue weighted by molar-refractivity contribution is 0.228. The van der Waals surface area contributed by atoms with Gasteiger partial charge in [0.15, 0.2) is 0 Å². The SMILES string of the molecule is C[Si](C)(O)OP(=O)(O[Si](C)(C)O)O[Si](C)(C)O. The summed E-state index contributed by atoms with van der Waals surface area (Å²) in [5.41, 5.74) is 0. The second-order valence-electron chi connectivity index (χ2n) is 5.06. The van der Waals surface area contributed by atoms with Gasteiger partial charge in [-0.05, 0) is 39.3 Å². The maximum absolute atomic E-state index is 12.2. The van der Waals surface area contributed by atoms with Gasteiger partial charge in [0.1, 0.15) is 0 Å². The van der Waals surface area contributed by atoms with E-state index in [1.807, 2.05) is 0 Å². The van der Waals surface area contributed by atoms with E-state index in [0.717, 1.165) is 0 Å². The summed E-state index contributed by atoms with van der Waals surface area (Å²) in [4.78, 5) is 28.8. The van der Waals surface area contributed by atoms with E-state index in [4.69, 9.17) is 12.6 Å². The molecule has 0 fully saturated rings. The van der Waals surface area contributed by atoms with Crippen LogP contribution in [0.2, 0.25) is 39.3 Å². The minimum Gasteiger partial charge on any atom is -0.411 e. The summed E-state index contributed by atoms with van der Waals surface area (Å²) >= 11 is 0. The highest BCUT2D eigenvalue weighted by atomic mass is 31.2. The van der Waals surface area contributed by atoms with Gasteiger partial charge in [0.05, 0.1) is 0 Å². The maximum atomic E-state index is 12.2. The predicted octanol–water partition coefficient (Wildman–Crippen LogP) is 1.23. The average Bonchev–Trinajstić information content (AvgIpc) is 1.65. The van der Waals surface area contributed by atoms with Gasteiger partial charge in [0.25, 0.3) is 0 Å². The highest BCUT2D eigenvalue weighted by Crippen LogP contribution is 2.54. The summed E-state index contributed by atoms with van der Waals surface area (Å²) in [6, 6.07) is 0. The van der Waals surface area contributed by atoms with Crippen molar-refractivity contribution in [2.24, 2.45) is 0 Å². The first-order valence-corrected chi connectivity index (χ1v) is 15.0. The van der Waals surface area contributed by atoms with E-state index in [0.29, 0.717) is 0 Å². The number of hydrogen-bond acceptors (Lipinski definition) is 7. The zero-order valence-electron chi connectivity index (χ0n) is 10.9. The third-order valence-electron chi connectivity index (χ3n) is 1.01. The third kappa shape index (κ3) is 10.3. The van der Waals surface area contributed by atoms with Crippen molar-refractivity contribution < 1.29 is 31.6 Å².